The molecule has 0 spiro atoms. The largest absolute Gasteiger partial charge is 0.398 e. The molecule has 0 aliphatic rings. The van der Waals surface area contributed by atoms with E-state index in [-0.39, 0.29) is 23.7 Å². The molecule has 84 valence electrons. The van der Waals surface area contributed by atoms with Gasteiger partial charge in [0, 0.05) is 13.2 Å². The molecule has 1 aromatic carbocycles. The SMILES string of the molecule is Nc1ccccc1S(=O)(=O)NCCCO. The van der Waals surface area contributed by atoms with Crippen molar-refractivity contribution in [2.24, 2.45) is 0 Å². The van der Waals surface area contributed by atoms with Crippen molar-refractivity contribution in [3.63, 3.8) is 0 Å². The van der Waals surface area contributed by atoms with E-state index in [9.17, 15) is 8.42 Å². The number of nitrogen functional groups attached to an aromatic ring is 1. The third kappa shape index (κ3) is 3.19. The molecular weight excluding hydrogens is 216 g/mol. The zero-order valence-corrected chi connectivity index (χ0v) is 9.00. The van der Waals surface area contributed by atoms with Gasteiger partial charge in [-0.05, 0) is 18.6 Å². The molecule has 1 rings (SSSR count). The first-order chi connectivity index (χ1) is 7.08. The predicted octanol–water partition coefficient (Wildman–Crippen LogP) is -0.0705. The lowest BCUT2D eigenvalue weighted by Gasteiger charge is -2.07. The van der Waals surface area contributed by atoms with Crippen LogP contribution in [0.1, 0.15) is 6.42 Å². The van der Waals surface area contributed by atoms with E-state index in [1.165, 1.54) is 12.1 Å². The fourth-order valence-electron chi connectivity index (χ4n) is 1.09. The summed E-state index contributed by atoms with van der Waals surface area (Å²) in [6.45, 7) is 0.153. The molecular formula is C9H14N2O3S. The van der Waals surface area contributed by atoms with Crippen molar-refractivity contribution in [3.05, 3.63) is 24.3 Å². The summed E-state index contributed by atoms with van der Waals surface area (Å²) in [5.41, 5.74) is 5.76. The van der Waals surface area contributed by atoms with Crippen LogP contribution in [0.4, 0.5) is 5.69 Å². The van der Waals surface area contributed by atoms with Gasteiger partial charge < -0.3 is 10.8 Å². The van der Waals surface area contributed by atoms with Gasteiger partial charge in [-0.1, -0.05) is 12.1 Å². The number of nitrogens with two attached hydrogens (primary N) is 1. The summed E-state index contributed by atoms with van der Waals surface area (Å²) in [5.74, 6) is 0. The predicted molar refractivity (Wildman–Crippen MR) is 57.7 cm³/mol. The molecule has 0 heterocycles. The van der Waals surface area contributed by atoms with Crippen molar-refractivity contribution in [3.8, 4) is 0 Å². The van der Waals surface area contributed by atoms with Crippen molar-refractivity contribution in [1.82, 2.24) is 4.72 Å². The molecule has 0 aliphatic carbocycles. The Kier molecular flexibility index (Phi) is 4.07. The fraction of sp³-hybridized carbons (Fsp3) is 0.333. The number of aliphatic hydroxyl groups excluding tert-OH is 1. The topological polar surface area (TPSA) is 92.4 Å². The van der Waals surface area contributed by atoms with Gasteiger partial charge in [0.15, 0.2) is 0 Å². The van der Waals surface area contributed by atoms with Crippen LogP contribution >= 0.6 is 0 Å². The van der Waals surface area contributed by atoms with Gasteiger partial charge in [0.25, 0.3) is 0 Å². The van der Waals surface area contributed by atoms with Crippen LogP contribution in [0.2, 0.25) is 0 Å². The number of hydrogen-bond donors (Lipinski definition) is 3. The summed E-state index contributed by atoms with van der Waals surface area (Å²) in [6.07, 6.45) is 0.381. The Morgan fingerprint density at radius 2 is 2.00 bits per heavy atom. The molecule has 0 aromatic heterocycles. The number of para-hydroxylation sites is 1. The van der Waals surface area contributed by atoms with E-state index >= 15 is 0 Å². The van der Waals surface area contributed by atoms with Crippen LogP contribution < -0.4 is 10.5 Å². The number of hydrogen-bond acceptors (Lipinski definition) is 4. The van der Waals surface area contributed by atoms with Crippen molar-refractivity contribution >= 4 is 15.7 Å². The molecule has 5 nitrogen and oxygen atoms in total. The van der Waals surface area contributed by atoms with E-state index < -0.39 is 10.0 Å². The summed E-state index contributed by atoms with van der Waals surface area (Å²) in [5, 5.41) is 8.53. The second-order valence-electron chi connectivity index (χ2n) is 3.01. The van der Waals surface area contributed by atoms with Crippen molar-refractivity contribution in [1.29, 1.82) is 0 Å². The summed E-state index contributed by atoms with van der Waals surface area (Å²) < 4.78 is 25.7. The van der Waals surface area contributed by atoms with Gasteiger partial charge in [-0.3, -0.25) is 0 Å². The quantitative estimate of drug-likeness (QED) is 0.487. The molecule has 0 unspecified atom stereocenters. The smallest absolute Gasteiger partial charge is 0.242 e. The third-order valence-corrected chi connectivity index (χ3v) is 3.37. The molecule has 0 amide bonds. The van der Waals surface area contributed by atoms with Crippen molar-refractivity contribution in [2.75, 3.05) is 18.9 Å². The van der Waals surface area contributed by atoms with Crippen LogP contribution in [-0.2, 0) is 10.0 Å². The molecule has 0 saturated carbocycles. The van der Waals surface area contributed by atoms with Gasteiger partial charge in [-0.15, -0.1) is 0 Å². The molecule has 0 atom stereocenters. The fourth-order valence-corrected chi connectivity index (χ4v) is 2.29. The number of nitrogens with one attached hydrogen (secondary N) is 1. The average molecular weight is 230 g/mol. The maximum Gasteiger partial charge on any atom is 0.242 e. The summed E-state index contributed by atoms with van der Waals surface area (Å²) in [7, 11) is -3.55. The van der Waals surface area contributed by atoms with Gasteiger partial charge in [-0.2, -0.15) is 0 Å². The monoisotopic (exact) mass is 230 g/mol. The first-order valence-electron chi connectivity index (χ1n) is 4.53. The summed E-state index contributed by atoms with van der Waals surface area (Å²) in [6, 6.07) is 6.25. The molecule has 15 heavy (non-hydrogen) atoms. The van der Waals surface area contributed by atoms with Crippen LogP contribution in [0.15, 0.2) is 29.2 Å². The number of sulfonamides is 1. The van der Waals surface area contributed by atoms with Crippen LogP contribution in [0.25, 0.3) is 0 Å². The van der Waals surface area contributed by atoms with Crippen molar-refractivity contribution in [2.45, 2.75) is 11.3 Å². The van der Waals surface area contributed by atoms with Gasteiger partial charge >= 0.3 is 0 Å². The summed E-state index contributed by atoms with van der Waals surface area (Å²) in [4.78, 5) is 0.0722. The maximum absolute atomic E-state index is 11.7. The van der Waals surface area contributed by atoms with E-state index in [4.69, 9.17) is 10.8 Å². The first-order valence-corrected chi connectivity index (χ1v) is 6.01. The standard InChI is InChI=1S/C9H14N2O3S/c10-8-4-1-2-5-9(8)15(13,14)11-6-3-7-12/h1-2,4-5,11-12H,3,6-7,10H2. The van der Waals surface area contributed by atoms with Crippen LogP contribution in [0, 0.1) is 0 Å². The summed E-state index contributed by atoms with van der Waals surface area (Å²) >= 11 is 0. The van der Waals surface area contributed by atoms with Crippen LogP contribution in [0.5, 0.6) is 0 Å². The molecule has 0 fully saturated rings. The Balaban J connectivity index is 2.83. The minimum atomic E-state index is -3.55. The van der Waals surface area contributed by atoms with E-state index in [1.807, 2.05) is 0 Å². The molecule has 1 aromatic rings. The second-order valence-corrected chi connectivity index (χ2v) is 4.75. The van der Waals surface area contributed by atoms with Gasteiger partial charge in [0.05, 0.1) is 5.69 Å². The molecule has 4 N–H and O–H groups in total. The Morgan fingerprint density at radius 3 is 2.60 bits per heavy atom. The highest BCUT2D eigenvalue weighted by Gasteiger charge is 2.15. The highest BCUT2D eigenvalue weighted by atomic mass is 32.2. The Labute approximate surface area is 89.0 Å². The lowest BCUT2D eigenvalue weighted by atomic mass is 10.3. The third-order valence-electron chi connectivity index (χ3n) is 1.84. The van der Waals surface area contributed by atoms with E-state index in [2.05, 4.69) is 4.72 Å². The van der Waals surface area contributed by atoms with Crippen LogP contribution in [-0.4, -0.2) is 26.7 Å². The molecule has 0 radical (unpaired) electrons. The minimum absolute atomic E-state index is 0.0488. The van der Waals surface area contributed by atoms with Crippen LogP contribution in [0.3, 0.4) is 0 Å². The Bertz CT molecular complexity index is 417. The van der Waals surface area contributed by atoms with Gasteiger partial charge in [-0.25, -0.2) is 13.1 Å². The lowest BCUT2D eigenvalue weighted by Crippen LogP contribution is -2.26. The average Bonchev–Trinajstić information content (AvgIpc) is 2.18. The maximum atomic E-state index is 11.7. The number of anilines is 1. The molecule has 0 aliphatic heterocycles. The Hall–Kier alpha value is -1.11. The normalized spacial score (nSPS) is 11.5. The van der Waals surface area contributed by atoms with E-state index in [0.29, 0.717) is 6.42 Å². The second kappa shape index (κ2) is 5.11. The number of benzene rings is 1. The molecule has 0 bridgehead atoms. The van der Waals surface area contributed by atoms with Crippen molar-refractivity contribution < 1.29 is 13.5 Å². The number of rotatable bonds is 5. The Morgan fingerprint density at radius 1 is 1.33 bits per heavy atom. The van der Waals surface area contributed by atoms with Gasteiger partial charge in [0.2, 0.25) is 10.0 Å². The molecule has 6 heteroatoms. The highest BCUT2D eigenvalue weighted by Crippen LogP contribution is 2.16. The zero-order valence-electron chi connectivity index (χ0n) is 8.18. The van der Waals surface area contributed by atoms with Gasteiger partial charge in [0.1, 0.15) is 4.90 Å². The van der Waals surface area contributed by atoms with E-state index in [0.717, 1.165) is 0 Å². The molecule has 0 saturated heterocycles. The lowest BCUT2D eigenvalue weighted by molar-refractivity contribution is 0.289. The van der Waals surface area contributed by atoms with E-state index in [1.54, 1.807) is 12.1 Å². The number of aliphatic hydroxyl groups is 1. The highest BCUT2D eigenvalue weighted by molar-refractivity contribution is 7.89. The first kappa shape index (κ1) is 12.0. The zero-order chi connectivity index (χ0) is 11.3. The minimum Gasteiger partial charge on any atom is -0.398 e.